The van der Waals surface area contributed by atoms with E-state index in [9.17, 15) is 18.7 Å². The van der Waals surface area contributed by atoms with Crippen molar-refractivity contribution in [2.75, 3.05) is 26.3 Å². The second kappa shape index (κ2) is 7.37. The van der Waals surface area contributed by atoms with Crippen LogP contribution in [0.3, 0.4) is 0 Å². The highest BCUT2D eigenvalue weighted by atomic mass is 19.3. The van der Waals surface area contributed by atoms with E-state index >= 15 is 0 Å². The third-order valence-corrected chi connectivity index (χ3v) is 3.13. The van der Waals surface area contributed by atoms with Crippen molar-refractivity contribution in [1.29, 1.82) is 0 Å². The number of aliphatic hydroxyl groups is 1. The average molecular weight is 296 g/mol. The summed E-state index contributed by atoms with van der Waals surface area (Å²) in [5.41, 5.74) is 5.18. The van der Waals surface area contributed by atoms with E-state index in [4.69, 9.17) is 15.2 Å². The highest BCUT2D eigenvalue weighted by Crippen LogP contribution is 2.17. The van der Waals surface area contributed by atoms with E-state index in [1.807, 2.05) is 6.92 Å². The number of hydrogen-bond acceptors (Lipinski definition) is 6. The summed E-state index contributed by atoms with van der Waals surface area (Å²) in [6.07, 6.45) is -2.33. The van der Waals surface area contributed by atoms with Crippen molar-refractivity contribution in [2.24, 2.45) is 11.7 Å². The maximum atomic E-state index is 12.8. The predicted octanol–water partition coefficient (Wildman–Crippen LogP) is -0.203. The molecule has 3 N–H and O–H groups in total. The molecule has 0 aromatic carbocycles. The van der Waals surface area contributed by atoms with E-state index in [-0.39, 0.29) is 19.1 Å². The van der Waals surface area contributed by atoms with E-state index in [0.717, 1.165) is 0 Å². The molecule has 1 heterocycles. The van der Waals surface area contributed by atoms with Gasteiger partial charge in [-0.2, -0.15) is 0 Å². The van der Waals surface area contributed by atoms with Crippen LogP contribution < -0.4 is 5.73 Å². The van der Waals surface area contributed by atoms with Gasteiger partial charge in [-0.15, -0.1) is 0 Å². The third-order valence-electron chi connectivity index (χ3n) is 3.13. The number of aliphatic hydroxyl groups excluding tert-OH is 1. The van der Waals surface area contributed by atoms with Crippen LogP contribution in [-0.4, -0.2) is 67.1 Å². The minimum absolute atomic E-state index is 0.0611. The fourth-order valence-electron chi connectivity index (χ4n) is 1.95. The molecule has 4 unspecified atom stereocenters. The Labute approximate surface area is 116 Å². The third kappa shape index (κ3) is 5.02. The van der Waals surface area contributed by atoms with Crippen LogP contribution in [-0.2, 0) is 14.3 Å². The van der Waals surface area contributed by atoms with Crippen LogP contribution in [0.25, 0.3) is 0 Å². The SMILES string of the molecule is CC1COC(O)C(C=O)N(CCOC(N)C(C)(F)F)C1. The lowest BCUT2D eigenvalue weighted by Gasteiger charge is -2.29. The Morgan fingerprint density at radius 1 is 1.65 bits per heavy atom. The molecular weight excluding hydrogens is 274 g/mol. The number of aldehydes is 1. The smallest absolute Gasteiger partial charge is 0.283 e. The Kier molecular flexibility index (Phi) is 6.41. The molecule has 118 valence electrons. The van der Waals surface area contributed by atoms with Crippen LogP contribution >= 0.6 is 0 Å². The van der Waals surface area contributed by atoms with Crippen LogP contribution in [0.15, 0.2) is 0 Å². The second-order valence-electron chi connectivity index (χ2n) is 5.20. The van der Waals surface area contributed by atoms with Gasteiger partial charge in [0.15, 0.2) is 12.5 Å². The molecule has 0 aliphatic carbocycles. The number of nitrogens with two attached hydrogens (primary N) is 1. The summed E-state index contributed by atoms with van der Waals surface area (Å²) < 4.78 is 35.7. The van der Waals surface area contributed by atoms with Gasteiger partial charge in [0.05, 0.1) is 13.2 Å². The maximum Gasteiger partial charge on any atom is 0.283 e. The number of alkyl halides is 2. The first kappa shape index (κ1) is 17.4. The minimum atomic E-state index is -3.13. The van der Waals surface area contributed by atoms with E-state index in [1.165, 1.54) is 0 Å². The molecule has 0 aromatic heterocycles. The Balaban J connectivity index is 2.52. The maximum absolute atomic E-state index is 12.8. The standard InChI is InChI=1S/C12H22F2N2O4/c1-8-5-16(9(6-17)10(18)20-7-8)3-4-19-11(15)12(2,13)14/h6,8-11,18H,3-5,7,15H2,1-2H3. The lowest BCUT2D eigenvalue weighted by atomic mass is 10.1. The van der Waals surface area contributed by atoms with Crippen molar-refractivity contribution in [2.45, 2.75) is 38.3 Å². The quantitative estimate of drug-likeness (QED) is 0.521. The van der Waals surface area contributed by atoms with Crippen molar-refractivity contribution in [3.63, 3.8) is 0 Å². The average Bonchev–Trinajstić information content (AvgIpc) is 2.47. The van der Waals surface area contributed by atoms with Crippen LogP contribution in [0.4, 0.5) is 8.78 Å². The Morgan fingerprint density at radius 3 is 2.85 bits per heavy atom. The first-order valence-corrected chi connectivity index (χ1v) is 6.49. The molecule has 0 bridgehead atoms. The molecule has 20 heavy (non-hydrogen) atoms. The molecule has 1 saturated heterocycles. The van der Waals surface area contributed by atoms with Crippen molar-refractivity contribution in [3.8, 4) is 0 Å². The topological polar surface area (TPSA) is 85.0 Å². The Hall–Kier alpha value is -0.670. The summed E-state index contributed by atoms with van der Waals surface area (Å²) >= 11 is 0. The van der Waals surface area contributed by atoms with Gasteiger partial charge in [0, 0.05) is 20.0 Å². The van der Waals surface area contributed by atoms with E-state index < -0.39 is 24.5 Å². The van der Waals surface area contributed by atoms with Crippen molar-refractivity contribution < 1.29 is 28.2 Å². The normalized spacial score (nSPS) is 30.8. The predicted molar refractivity (Wildman–Crippen MR) is 67.1 cm³/mol. The van der Waals surface area contributed by atoms with Gasteiger partial charge in [-0.1, -0.05) is 6.92 Å². The second-order valence-corrected chi connectivity index (χ2v) is 5.20. The van der Waals surface area contributed by atoms with Gasteiger partial charge >= 0.3 is 0 Å². The first-order chi connectivity index (χ1) is 9.25. The number of hydrogen-bond donors (Lipinski definition) is 2. The van der Waals surface area contributed by atoms with Gasteiger partial charge in [0.2, 0.25) is 0 Å². The van der Waals surface area contributed by atoms with Gasteiger partial charge in [-0.25, -0.2) is 8.78 Å². The molecule has 4 atom stereocenters. The minimum Gasteiger partial charge on any atom is -0.366 e. The number of halogens is 2. The van der Waals surface area contributed by atoms with Gasteiger partial charge in [-0.3, -0.25) is 4.90 Å². The van der Waals surface area contributed by atoms with Crippen LogP contribution in [0.5, 0.6) is 0 Å². The molecular formula is C12H22F2N2O4. The summed E-state index contributed by atoms with van der Waals surface area (Å²) in [5, 5.41) is 9.69. The number of carbonyl (C=O) groups is 1. The van der Waals surface area contributed by atoms with Gasteiger partial charge in [-0.05, 0) is 5.92 Å². The van der Waals surface area contributed by atoms with Gasteiger partial charge < -0.3 is 25.1 Å². The molecule has 1 aliphatic heterocycles. The number of carbonyl (C=O) groups excluding carboxylic acids is 1. The molecule has 1 fully saturated rings. The molecule has 8 heteroatoms. The van der Waals surface area contributed by atoms with Crippen molar-refractivity contribution >= 4 is 6.29 Å². The molecule has 0 spiro atoms. The summed E-state index contributed by atoms with van der Waals surface area (Å²) in [5.74, 6) is -3.02. The number of nitrogens with zero attached hydrogens (tertiary/aromatic N) is 1. The van der Waals surface area contributed by atoms with Gasteiger partial charge in [0.1, 0.15) is 12.3 Å². The molecule has 0 aromatic rings. The molecule has 0 saturated carbocycles. The highest BCUT2D eigenvalue weighted by molar-refractivity contribution is 5.58. The molecule has 1 aliphatic rings. The molecule has 6 nitrogen and oxygen atoms in total. The Morgan fingerprint density at radius 2 is 2.30 bits per heavy atom. The van der Waals surface area contributed by atoms with E-state index in [0.29, 0.717) is 26.4 Å². The van der Waals surface area contributed by atoms with Crippen LogP contribution in [0.2, 0.25) is 0 Å². The number of ether oxygens (including phenoxy) is 2. The summed E-state index contributed by atoms with van der Waals surface area (Å²) in [4.78, 5) is 12.7. The molecule has 1 rings (SSSR count). The zero-order chi connectivity index (χ0) is 15.3. The Bertz CT molecular complexity index is 314. The fourth-order valence-corrected chi connectivity index (χ4v) is 1.95. The lowest BCUT2D eigenvalue weighted by molar-refractivity contribution is -0.149. The van der Waals surface area contributed by atoms with Crippen LogP contribution in [0.1, 0.15) is 13.8 Å². The zero-order valence-corrected chi connectivity index (χ0v) is 11.7. The fraction of sp³-hybridized carbons (Fsp3) is 0.917. The first-order valence-electron chi connectivity index (χ1n) is 6.49. The highest BCUT2D eigenvalue weighted by Gasteiger charge is 2.33. The molecule has 0 amide bonds. The van der Waals surface area contributed by atoms with Gasteiger partial charge in [0.25, 0.3) is 5.92 Å². The lowest BCUT2D eigenvalue weighted by Crippen LogP contribution is -2.48. The monoisotopic (exact) mass is 296 g/mol. The summed E-state index contributed by atoms with van der Waals surface area (Å²) in [6.45, 7) is 3.56. The zero-order valence-electron chi connectivity index (χ0n) is 11.7. The van der Waals surface area contributed by atoms with Crippen molar-refractivity contribution in [1.82, 2.24) is 4.90 Å². The largest absolute Gasteiger partial charge is 0.366 e. The van der Waals surface area contributed by atoms with Crippen molar-refractivity contribution in [3.05, 3.63) is 0 Å². The summed E-state index contributed by atoms with van der Waals surface area (Å²) in [7, 11) is 0. The van der Waals surface area contributed by atoms with E-state index in [2.05, 4.69) is 0 Å². The molecule has 0 radical (unpaired) electrons. The van der Waals surface area contributed by atoms with E-state index in [1.54, 1.807) is 4.90 Å². The van der Waals surface area contributed by atoms with Crippen LogP contribution in [0, 0.1) is 5.92 Å². The number of rotatable bonds is 6. The summed E-state index contributed by atoms with van der Waals surface area (Å²) in [6, 6.07) is -0.832.